The summed E-state index contributed by atoms with van der Waals surface area (Å²) in [5.74, 6) is 0.357. The molecule has 0 bridgehead atoms. The highest BCUT2D eigenvalue weighted by molar-refractivity contribution is 9.10. The Labute approximate surface area is 97.8 Å². The maximum Gasteiger partial charge on any atom is 0.244 e. The number of sulfonamides is 1. The normalized spacial score (nSPS) is 11.4. The van der Waals surface area contributed by atoms with Gasteiger partial charge in [0, 0.05) is 4.47 Å². The number of ether oxygens (including phenoxy) is 1. The van der Waals surface area contributed by atoms with E-state index in [1.807, 2.05) is 0 Å². The van der Waals surface area contributed by atoms with E-state index in [1.54, 1.807) is 19.1 Å². The molecule has 84 valence electrons. The molecule has 0 aliphatic carbocycles. The molecule has 0 heterocycles. The van der Waals surface area contributed by atoms with E-state index in [1.165, 1.54) is 13.1 Å². The van der Waals surface area contributed by atoms with Gasteiger partial charge < -0.3 is 4.74 Å². The van der Waals surface area contributed by atoms with Gasteiger partial charge in [-0.2, -0.15) is 0 Å². The van der Waals surface area contributed by atoms with E-state index in [4.69, 9.17) is 4.74 Å². The molecule has 15 heavy (non-hydrogen) atoms. The molecule has 1 rings (SSSR count). The molecular weight excluding hydrogens is 282 g/mol. The van der Waals surface area contributed by atoms with Crippen LogP contribution in [0.25, 0.3) is 0 Å². The van der Waals surface area contributed by atoms with Crippen molar-refractivity contribution < 1.29 is 13.2 Å². The van der Waals surface area contributed by atoms with Crippen molar-refractivity contribution in [2.24, 2.45) is 0 Å². The van der Waals surface area contributed by atoms with Gasteiger partial charge in [-0.25, -0.2) is 13.1 Å². The second-order valence-corrected chi connectivity index (χ2v) is 5.50. The Kier molecular flexibility index (Phi) is 4.12. The number of hydrogen-bond donors (Lipinski definition) is 1. The van der Waals surface area contributed by atoms with Crippen molar-refractivity contribution >= 4 is 26.0 Å². The first kappa shape index (κ1) is 12.5. The average Bonchev–Trinajstić information content (AvgIpc) is 2.21. The Balaban J connectivity index is 3.31. The van der Waals surface area contributed by atoms with Crippen LogP contribution in [0.2, 0.25) is 0 Å². The van der Waals surface area contributed by atoms with Crippen molar-refractivity contribution in [2.45, 2.75) is 11.8 Å². The molecule has 1 N–H and O–H groups in total. The van der Waals surface area contributed by atoms with Crippen LogP contribution in [0.1, 0.15) is 6.92 Å². The highest BCUT2D eigenvalue weighted by Crippen LogP contribution is 2.27. The third-order valence-electron chi connectivity index (χ3n) is 1.76. The second-order valence-electron chi connectivity index (χ2n) is 2.73. The Morgan fingerprint density at radius 2 is 2.13 bits per heavy atom. The topological polar surface area (TPSA) is 55.4 Å². The van der Waals surface area contributed by atoms with Crippen molar-refractivity contribution in [2.75, 3.05) is 13.7 Å². The van der Waals surface area contributed by atoms with Gasteiger partial charge in [0.1, 0.15) is 10.6 Å². The summed E-state index contributed by atoms with van der Waals surface area (Å²) >= 11 is 3.22. The molecule has 0 unspecified atom stereocenters. The fourth-order valence-corrected chi connectivity index (χ4v) is 2.48. The lowest BCUT2D eigenvalue weighted by atomic mass is 10.3. The number of halogens is 1. The fourth-order valence-electron chi connectivity index (χ4n) is 1.08. The molecule has 0 amide bonds. The van der Waals surface area contributed by atoms with Crippen LogP contribution in [-0.2, 0) is 10.0 Å². The lowest BCUT2D eigenvalue weighted by Gasteiger charge is -2.10. The molecule has 0 aliphatic heterocycles. The molecule has 0 radical (unpaired) electrons. The predicted octanol–water partition coefficient (Wildman–Crippen LogP) is 1.76. The molecule has 0 atom stereocenters. The quantitative estimate of drug-likeness (QED) is 0.920. The van der Waals surface area contributed by atoms with Gasteiger partial charge in [0.15, 0.2) is 0 Å². The van der Waals surface area contributed by atoms with E-state index in [0.29, 0.717) is 16.8 Å². The highest BCUT2D eigenvalue weighted by Gasteiger charge is 2.17. The smallest absolute Gasteiger partial charge is 0.244 e. The molecule has 0 saturated carbocycles. The summed E-state index contributed by atoms with van der Waals surface area (Å²) in [5, 5.41) is 0. The van der Waals surface area contributed by atoms with E-state index in [2.05, 4.69) is 20.7 Å². The summed E-state index contributed by atoms with van der Waals surface area (Å²) in [6, 6.07) is 4.87. The summed E-state index contributed by atoms with van der Waals surface area (Å²) in [5.41, 5.74) is 0. The van der Waals surface area contributed by atoms with Crippen LogP contribution in [0.3, 0.4) is 0 Å². The standard InChI is InChI=1S/C9H12BrNO3S/c1-3-14-8-5-4-7(10)6-9(8)15(12,13)11-2/h4-6,11H,3H2,1-2H3. The molecule has 1 aromatic rings. The lowest BCUT2D eigenvalue weighted by Crippen LogP contribution is -2.19. The Morgan fingerprint density at radius 1 is 1.47 bits per heavy atom. The van der Waals surface area contributed by atoms with Gasteiger partial charge in [0.2, 0.25) is 10.0 Å². The summed E-state index contributed by atoms with van der Waals surface area (Å²) in [6.07, 6.45) is 0. The van der Waals surface area contributed by atoms with Gasteiger partial charge in [-0.15, -0.1) is 0 Å². The lowest BCUT2D eigenvalue weighted by molar-refractivity contribution is 0.331. The van der Waals surface area contributed by atoms with E-state index in [9.17, 15) is 8.42 Å². The van der Waals surface area contributed by atoms with Gasteiger partial charge in [-0.05, 0) is 32.2 Å². The molecule has 0 spiro atoms. The average molecular weight is 294 g/mol. The zero-order valence-electron chi connectivity index (χ0n) is 8.45. The van der Waals surface area contributed by atoms with E-state index in [-0.39, 0.29) is 4.90 Å². The minimum atomic E-state index is -3.48. The molecule has 0 saturated heterocycles. The zero-order valence-corrected chi connectivity index (χ0v) is 10.9. The van der Waals surface area contributed by atoms with Crippen molar-refractivity contribution in [3.63, 3.8) is 0 Å². The van der Waals surface area contributed by atoms with Crippen LogP contribution in [0.5, 0.6) is 5.75 Å². The van der Waals surface area contributed by atoms with Crippen molar-refractivity contribution in [1.82, 2.24) is 4.72 Å². The first-order valence-corrected chi connectivity index (χ1v) is 6.64. The minimum absolute atomic E-state index is 0.140. The predicted molar refractivity (Wildman–Crippen MR) is 61.6 cm³/mol. The number of rotatable bonds is 4. The van der Waals surface area contributed by atoms with Crippen LogP contribution in [0.15, 0.2) is 27.6 Å². The third-order valence-corrected chi connectivity index (χ3v) is 3.69. The number of hydrogen-bond acceptors (Lipinski definition) is 3. The Hall–Kier alpha value is -0.590. The van der Waals surface area contributed by atoms with Gasteiger partial charge in [-0.1, -0.05) is 15.9 Å². The fraction of sp³-hybridized carbons (Fsp3) is 0.333. The van der Waals surface area contributed by atoms with E-state index in [0.717, 1.165) is 0 Å². The number of benzene rings is 1. The minimum Gasteiger partial charge on any atom is -0.492 e. The summed E-state index contributed by atoms with van der Waals surface area (Å²) in [4.78, 5) is 0.140. The van der Waals surface area contributed by atoms with Crippen LogP contribution in [0.4, 0.5) is 0 Å². The molecule has 4 nitrogen and oxygen atoms in total. The Morgan fingerprint density at radius 3 is 2.67 bits per heavy atom. The molecular formula is C9H12BrNO3S. The van der Waals surface area contributed by atoms with E-state index < -0.39 is 10.0 Å². The van der Waals surface area contributed by atoms with Crippen LogP contribution in [0, 0.1) is 0 Å². The molecule has 0 aromatic heterocycles. The van der Waals surface area contributed by atoms with Gasteiger partial charge >= 0.3 is 0 Å². The summed E-state index contributed by atoms with van der Waals surface area (Å²) < 4.78 is 31.5. The van der Waals surface area contributed by atoms with Gasteiger partial charge in [-0.3, -0.25) is 0 Å². The van der Waals surface area contributed by atoms with E-state index >= 15 is 0 Å². The molecule has 1 aromatic carbocycles. The molecule has 0 aliphatic rings. The van der Waals surface area contributed by atoms with Gasteiger partial charge in [0.05, 0.1) is 6.61 Å². The third kappa shape index (κ3) is 2.93. The zero-order chi connectivity index (χ0) is 11.5. The monoisotopic (exact) mass is 293 g/mol. The van der Waals surface area contributed by atoms with Crippen molar-refractivity contribution in [3.8, 4) is 5.75 Å². The molecule has 6 heteroatoms. The van der Waals surface area contributed by atoms with Crippen molar-refractivity contribution in [1.29, 1.82) is 0 Å². The largest absolute Gasteiger partial charge is 0.492 e. The van der Waals surface area contributed by atoms with Crippen molar-refractivity contribution in [3.05, 3.63) is 22.7 Å². The maximum absolute atomic E-state index is 11.6. The number of nitrogens with one attached hydrogen (secondary N) is 1. The SMILES string of the molecule is CCOc1ccc(Br)cc1S(=O)(=O)NC. The first-order valence-electron chi connectivity index (χ1n) is 4.37. The molecule has 0 fully saturated rings. The van der Waals surface area contributed by atoms with Crippen LogP contribution >= 0.6 is 15.9 Å². The maximum atomic E-state index is 11.6. The Bertz CT molecular complexity index is 445. The summed E-state index contributed by atoms with van der Waals surface area (Å²) in [6.45, 7) is 2.23. The summed E-state index contributed by atoms with van der Waals surface area (Å²) in [7, 11) is -2.11. The second kappa shape index (κ2) is 4.96. The highest BCUT2D eigenvalue weighted by atomic mass is 79.9. The first-order chi connectivity index (χ1) is 7.01. The van der Waals surface area contributed by atoms with Gasteiger partial charge in [0.25, 0.3) is 0 Å². The van der Waals surface area contributed by atoms with Crippen LogP contribution in [-0.4, -0.2) is 22.1 Å². The van der Waals surface area contributed by atoms with Crippen LogP contribution < -0.4 is 9.46 Å².